The first kappa shape index (κ1) is 14.9. The molecule has 15 heavy (non-hydrogen) atoms. The topological polar surface area (TPSA) is 12.4 Å². The summed E-state index contributed by atoms with van der Waals surface area (Å²) in [6.07, 6.45) is 7.56. The number of aliphatic imine (C=N–C) groups is 1. The van der Waals surface area contributed by atoms with Gasteiger partial charge in [-0.2, -0.15) is 0 Å². The molecule has 0 aliphatic heterocycles. The SMILES string of the molecule is C=C(/C=C(/C)[C](C)=[W])[C](=[V])C=NC=CC. The van der Waals surface area contributed by atoms with Crippen LogP contribution in [0.3, 0.4) is 0 Å². The molecule has 0 aromatic carbocycles. The van der Waals surface area contributed by atoms with E-state index in [0.717, 1.165) is 9.80 Å². The van der Waals surface area contributed by atoms with E-state index in [1.165, 1.54) is 28.8 Å². The molecule has 0 fully saturated rings. The van der Waals surface area contributed by atoms with Crippen molar-refractivity contribution in [3.8, 4) is 0 Å². The first-order valence-electron chi connectivity index (χ1n) is 4.57. The van der Waals surface area contributed by atoms with Crippen molar-refractivity contribution in [2.45, 2.75) is 20.8 Å². The molecule has 1 nitrogen and oxygen atoms in total. The number of rotatable bonds is 5. The molecule has 0 amide bonds. The summed E-state index contributed by atoms with van der Waals surface area (Å²) in [5.41, 5.74) is 2.29. The van der Waals surface area contributed by atoms with Crippen LogP contribution in [0.15, 0.2) is 41.1 Å². The molecule has 0 aromatic heterocycles. The molecule has 0 heterocycles. The maximum atomic E-state index is 4.11. The van der Waals surface area contributed by atoms with Crippen LogP contribution in [0.4, 0.5) is 0 Å². The van der Waals surface area contributed by atoms with Crippen molar-refractivity contribution in [1.29, 1.82) is 0 Å². The van der Waals surface area contributed by atoms with Crippen LogP contribution < -0.4 is 0 Å². The summed E-state index contributed by atoms with van der Waals surface area (Å²) in [6.45, 7) is 10.2. The first-order chi connectivity index (χ1) is 6.99. The molecular formula is C12H15NVW. The van der Waals surface area contributed by atoms with E-state index in [9.17, 15) is 0 Å². The van der Waals surface area contributed by atoms with Crippen LogP contribution in [-0.4, -0.2) is 14.3 Å². The predicted molar refractivity (Wildman–Crippen MR) is 61.9 cm³/mol. The van der Waals surface area contributed by atoms with Crippen molar-refractivity contribution in [1.82, 2.24) is 0 Å². The molecule has 0 saturated heterocycles. The van der Waals surface area contributed by atoms with E-state index in [1.54, 1.807) is 6.20 Å². The Hall–Kier alpha value is -0.0973. The maximum absolute atomic E-state index is 4.11. The Balaban J connectivity index is 4.54. The second kappa shape index (κ2) is 8.10. The Morgan fingerprint density at radius 2 is 2.00 bits per heavy atom. The molecular weight excluding hydrogens is 393 g/mol. The quantitative estimate of drug-likeness (QED) is 0.490. The van der Waals surface area contributed by atoms with Gasteiger partial charge >= 0.3 is 113 Å². The van der Waals surface area contributed by atoms with E-state index < -0.39 is 0 Å². The summed E-state index contributed by atoms with van der Waals surface area (Å²) in [5.74, 6) is 0. The van der Waals surface area contributed by atoms with Crippen LogP contribution >= 0.6 is 0 Å². The molecule has 0 bridgehead atoms. The Labute approximate surface area is 112 Å². The van der Waals surface area contributed by atoms with Gasteiger partial charge in [-0.25, -0.2) is 0 Å². The van der Waals surface area contributed by atoms with Gasteiger partial charge < -0.3 is 0 Å². The van der Waals surface area contributed by atoms with Crippen LogP contribution in [0.5, 0.6) is 0 Å². The van der Waals surface area contributed by atoms with Gasteiger partial charge in [0.2, 0.25) is 0 Å². The fraction of sp³-hybridized carbons (Fsp3) is 0.250. The molecule has 0 rings (SSSR count). The molecule has 0 spiro atoms. The van der Waals surface area contributed by atoms with E-state index in [2.05, 4.69) is 48.5 Å². The van der Waals surface area contributed by atoms with E-state index in [4.69, 9.17) is 0 Å². The van der Waals surface area contributed by atoms with Crippen molar-refractivity contribution in [3.05, 3.63) is 36.1 Å². The molecule has 0 atom stereocenters. The third-order valence-corrected chi connectivity index (χ3v) is 3.49. The van der Waals surface area contributed by atoms with Gasteiger partial charge in [0.1, 0.15) is 0 Å². The average Bonchev–Trinajstić information content (AvgIpc) is 2.17. The second-order valence-electron chi connectivity index (χ2n) is 3.05. The average molecular weight is 408 g/mol. The van der Waals surface area contributed by atoms with Gasteiger partial charge in [0.15, 0.2) is 0 Å². The zero-order chi connectivity index (χ0) is 11.8. The molecule has 79 valence electrons. The second-order valence-corrected chi connectivity index (χ2v) is 6.01. The minimum absolute atomic E-state index is 1.00. The molecule has 0 aliphatic rings. The van der Waals surface area contributed by atoms with Crippen molar-refractivity contribution in [3.63, 3.8) is 0 Å². The van der Waals surface area contributed by atoms with Crippen LogP contribution in [0, 0.1) is 0 Å². The molecule has 0 radical (unpaired) electrons. The van der Waals surface area contributed by atoms with Gasteiger partial charge in [-0.15, -0.1) is 0 Å². The number of nitrogens with zero attached hydrogens (tertiary/aromatic N) is 1. The van der Waals surface area contributed by atoms with Crippen molar-refractivity contribution in [2.24, 2.45) is 4.99 Å². The van der Waals surface area contributed by atoms with Gasteiger partial charge in [0.25, 0.3) is 0 Å². The fourth-order valence-corrected chi connectivity index (χ4v) is 1.14. The van der Waals surface area contributed by atoms with Gasteiger partial charge in [0.05, 0.1) is 0 Å². The third kappa shape index (κ3) is 6.89. The minimum atomic E-state index is 1.00. The van der Waals surface area contributed by atoms with Crippen LogP contribution in [0.25, 0.3) is 0 Å². The summed E-state index contributed by atoms with van der Waals surface area (Å²) in [7, 11) is 0. The van der Waals surface area contributed by atoms with Gasteiger partial charge in [0, 0.05) is 0 Å². The Morgan fingerprint density at radius 1 is 1.40 bits per heavy atom. The van der Waals surface area contributed by atoms with Gasteiger partial charge in [-0.1, -0.05) is 0 Å². The first-order valence-corrected chi connectivity index (χ1v) is 6.74. The normalized spacial score (nSPS) is 12.3. The summed E-state index contributed by atoms with van der Waals surface area (Å²) in [4.78, 5) is 4.11. The molecule has 0 saturated carbocycles. The zero-order valence-corrected chi connectivity index (χ0v) is 13.6. The van der Waals surface area contributed by atoms with Gasteiger partial charge in [-0.3, -0.25) is 0 Å². The molecule has 3 heteroatoms. The van der Waals surface area contributed by atoms with E-state index in [1.807, 2.05) is 19.2 Å². The van der Waals surface area contributed by atoms with Crippen LogP contribution in [0.1, 0.15) is 20.8 Å². The monoisotopic (exact) mass is 408 g/mol. The molecule has 0 aromatic rings. The standard InChI is InChI=1S/C12H15N.V.W/c1-5-8-13-9-7-12(4)10-11(3)6-2;;/h5,8-10H,4H2,1-3H3;;/b8-5?,11-10-,13-9?;;. The number of hydrogen-bond acceptors (Lipinski definition) is 1. The summed E-state index contributed by atoms with van der Waals surface area (Å²) >= 11 is 4.00. The van der Waals surface area contributed by atoms with Crippen molar-refractivity contribution < 1.29 is 36.3 Å². The number of allylic oxidation sites excluding steroid dienone is 4. The summed E-state index contributed by atoms with van der Waals surface area (Å²) in [6, 6.07) is 0. The Bertz CT molecular complexity index is 362. The Kier molecular flexibility index (Phi) is 8.05. The van der Waals surface area contributed by atoms with E-state index in [-0.39, 0.29) is 0 Å². The van der Waals surface area contributed by atoms with E-state index >= 15 is 0 Å². The fourth-order valence-electron chi connectivity index (χ4n) is 0.720. The number of hydrogen-bond donors (Lipinski definition) is 0. The zero-order valence-electron chi connectivity index (χ0n) is 9.32. The molecule has 0 unspecified atom stereocenters. The third-order valence-electron chi connectivity index (χ3n) is 1.71. The summed E-state index contributed by atoms with van der Waals surface area (Å²) < 4.78 is 2.43. The van der Waals surface area contributed by atoms with Crippen molar-refractivity contribution in [2.75, 3.05) is 0 Å². The van der Waals surface area contributed by atoms with E-state index in [0.29, 0.717) is 0 Å². The Morgan fingerprint density at radius 3 is 2.47 bits per heavy atom. The van der Waals surface area contributed by atoms with Gasteiger partial charge in [-0.05, 0) is 0 Å². The van der Waals surface area contributed by atoms with Crippen LogP contribution in [0.2, 0.25) is 0 Å². The van der Waals surface area contributed by atoms with Crippen molar-refractivity contribution >= 4 is 14.3 Å². The summed E-state index contributed by atoms with van der Waals surface area (Å²) in [5, 5.41) is 0. The predicted octanol–water partition coefficient (Wildman–Crippen LogP) is 2.55. The van der Waals surface area contributed by atoms with Crippen LogP contribution in [-0.2, 0) is 36.3 Å². The molecule has 0 N–H and O–H groups in total. The molecule has 0 aliphatic carbocycles.